The molecule has 33 heavy (non-hydrogen) atoms. The molecule has 5 rings (SSSR count). The second kappa shape index (κ2) is 7.13. The fourth-order valence-corrected chi connectivity index (χ4v) is 5.14. The van der Waals surface area contributed by atoms with E-state index in [4.69, 9.17) is 14.0 Å². The number of anilines is 1. The van der Waals surface area contributed by atoms with E-state index in [1.807, 2.05) is 0 Å². The van der Waals surface area contributed by atoms with Gasteiger partial charge in [-0.2, -0.15) is 0 Å². The van der Waals surface area contributed by atoms with Crippen LogP contribution in [0.15, 0.2) is 10.6 Å². The minimum absolute atomic E-state index is 0.0607. The van der Waals surface area contributed by atoms with Crippen LogP contribution >= 0.6 is 0 Å². The molecule has 0 unspecified atom stereocenters. The first-order valence-electron chi connectivity index (χ1n) is 10.3. The van der Waals surface area contributed by atoms with Gasteiger partial charge in [0, 0.05) is 20.0 Å². The molecular formula is C20H20FN5O7. The van der Waals surface area contributed by atoms with Crippen LogP contribution in [-0.4, -0.2) is 60.9 Å². The molecule has 2 fully saturated rings. The Balaban J connectivity index is 1.74. The van der Waals surface area contributed by atoms with Gasteiger partial charge in [-0.25, -0.2) is 14.0 Å². The molecule has 0 aliphatic carbocycles. The zero-order valence-corrected chi connectivity index (χ0v) is 17.9. The van der Waals surface area contributed by atoms with Gasteiger partial charge in [-0.1, -0.05) is 0 Å². The average Bonchev–Trinajstić information content (AvgIpc) is 3.13. The van der Waals surface area contributed by atoms with Gasteiger partial charge >= 0.3 is 12.1 Å². The van der Waals surface area contributed by atoms with Crippen LogP contribution in [0.2, 0.25) is 0 Å². The van der Waals surface area contributed by atoms with Crippen molar-refractivity contribution in [1.82, 2.24) is 21.1 Å². The van der Waals surface area contributed by atoms with E-state index in [9.17, 15) is 19.2 Å². The highest BCUT2D eigenvalue weighted by molar-refractivity contribution is 6.20. The van der Waals surface area contributed by atoms with Crippen LogP contribution in [-0.2, 0) is 20.7 Å². The zero-order chi connectivity index (χ0) is 23.7. The molecule has 4 heterocycles. The second-order valence-corrected chi connectivity index (χ2v) is 8.34. The number of ether oxygens (including phenoxy) is 2. The molecule has 2 aromatic rings. The molecule has 174 valence electrons. The smallest absolute Gasteiger partial charge is 0.387 e. The number of morpholine rings is 1. The van der Waals surface area contributed by atoms with Crippen molar-refractivity contribution in [3.05, 3.63) is 17.4 Å². The summed E-state index contributed by atoms with van der Waals surface area (Å²) >= 11 is 0. The number of halogens is 1. The highest BCUT2D eigenvalue weighted by atomic mass is 19.1. The number of urea groups is 1. The summed E-state index contributed by atoms with van der Waals surface area (Å²) in [6.07, 6.45) is -2.05. The van der Waals surface area contributed by atoms with Gasteiger partial charge in [-0.15, -0.1) is 0 Å². The quantitative estimate of drug-likeness (QED) is 0.518. The highest BCUT2D eigenvalue weighted by Crippen LogP contribution is 2.49. The maximum absolute atomic E-state index is 15.8. The summed E-state index contributed by atoms with van der Waals surface area (Å²) in [5.41, 5.74) is -1.57. The van der Waals surface area contributed by atoms with E-state index < -0.39 is 47.3 Å². The number of imide groups is 2. The molecule has 1 spiro atoms. The number of barbiturate groups is 1. The number of fused-ring (bicyclic) bond motifs is 5. The monoisotopic (exact) mass is 461 g/mol. The molecule has 3 aliphatic heterocycles. The first kappa shape index (κ1) is 21.1. The molecular weight excluding hydrogens is 441 g/mol. The van der Waals surface area contributed by atoms with Crippen molar-refractivity contribution < 1.29 is 37.6 Å². The number of carbonyl (C=O) groups excluding carboxylic acids is 4. The van der Waals surface area contributed by atoms with Crippen molar-refractivity contribution in [3.8, 4) is 5.88 Å². The number of nitrogens with zero attached hydrogens (tertiary/aromatic N) is 2. The van der Waals surface area contributed by atoms with Gasteiger partial charge in [0.05, 0.1) is 29.3 Å². The first-order valence-corrected chi connectivity index (χ1v) is 10.3. The van der Waals surface area contributed by atoms with Crippen LogP contribution in [0.3, 0.4) is 0 Å². The Morgan fingerprint density at radius 2 is 2.00 bits per heavy atom. The van der Waals surface area contributed by atoms with E-state index in [1.54, 1.807) is 18.7 Å². The van der Waals surface area contributed by atoms with Gasteiger partial charge in [-0.3, -0.25) is 20.2 Å². The Kier molecular flexibility index (Phi) is 4.57. The van der Waals surface area contributed by atoms with Crippen molar-refractivity contribution in [3.63, 3.8) is 0 Å². The number of amides is 5. The molecule has 1 aromatic heterocycles. The molecule has 3 N–H and O–H groups in total. The predicted molar refractivity (Wildman–Crippen MR) is 108 cm³/mol. The molecule has 0 radical (unpaired) electrons. The van der Waals surface area contributed by atoms with Crippen LogP contribution in [0.4, 0.5) is 19.7 Å². The first-order chi connectivity index (χ1) is 15.7. The summed E-state index contributed by atoms with van der Waals surface area (Å²) in [5, 5.41) is 10.3. The van der Waals surface area contributed by atoms with Crippen LogP contribution in [0.25, 0.3) is 11.0 Å². The normalized spacial score (nSPS) is 25.9. The van der Waals surface area contributed by atoms with Crippen molar-refractivity contribution >= 4 is 40.6 Å². The molecule has 13 heteroatoms. The minimum atomic E-state index is -1.76. The summed E-state index contributed by atoms with van der Waals surface area (Å²) in [5.74, 6) is -2.63. The maximum atomic E-state index is 15.8. The summed E-state index contributed by atoms with van der Waals surface area (Å²) in [6.45, 7) is 3.66. The van der Waals surface area contributed by atoms with Crippen molar-refractivity contribution in [1.29, 1.82) is 0 Å². The Morgan fingerprint density at radius 1 is 1.30 bits per heavy atom. The Bertz CT molecular complexity index is 1210. The van der Waals surface area contributed by atoms with Gasteiger partial charge in [0.2, 0.25) is 17.4 Å². The number of carbonyl (C=O) groups is 4. The topological polar surface area (TPSA) is 152 Å². The fourth-order valence-electron chi connectivity index (χ4n) is 5.14. The van der Waals surface area contributed by atoms with E-state index in [0.717, 1.165) is 0 Å². The third-order valence-corrected chi connectivity index (χ3v) is 6.33. The minimum Gasteiger partial charge on any atom is -0.387 e. The molecule has 3 atom stereocenters. The van der Waals surface area contributed by atoms with E-state index >= 15 is 4.39 Å². The molecule has 3 aliphatic rings. The third-order valence-electron chi connectivity index (χ3n) is 6.33. The number of rotatable bonds is 1. The molecule has 1 aromatic carbocycles. The van der Waals surface area contributed by atoms with Crippen molar-refractivity contribution in [2.45, 2.75) is 38.5 Å². The number of hydrogen-bond acceptors (Lipinski definition) is 9. The van der Waals surface area contributed by atoms with Gasteiger partial charge in [0.1, 0.15) is 0 Å². The molecule has 5 amide bonds. The largest absolute Gasteiger partial charge is 0.413 e. The summed E-state index contributed by atoms with van der Waals surface area (Å²) in [7, 11) is 1.35. The summed E-state index contributed by atoms with van der Waals surface area (Å²) < 4.78 is 31.9. The van der Waals surface area contributed by atoms with E-state index in [1.165, 1.54) is 13.1 Å². The number of nitrogens with one attached hydrogen (secondary N) is 3. The van der Waals surface area contributed by atoms with Crippen molar-refractivity contribution in [2.75, 3.05) is 18.5 Å². The Morgan fingerprint density at radius 3 is 2.67 bits per heavy atom. The lowest BCUT2D eigenvalue weighted by Crippen LogP contribution is -2.75. The Labute approximate surface area is 185 Å². The molecule has 0 saturated carbocycles. The second-order valence-electron chi connectivity index (χ2n) is 8.34. The van der Waals surface area contributed by atoms with Gasteiger partial charge < -0.3 is 24.2 Å². The van der Waals surface area contributed by atoms with Crippen LogP contribution in [0.5, 0.6) is 5.88 Å². The lowest BCUT2D eigenvalue weighted by molar-refractivity contribution is -0.153. The van der Waals surface area contributed by atoms with Gasteiger partial charge in [0.25, 0.3) is 5.88 Å². The summed E-state index contributed by atoms with van der Waals surface area (Å²) in [6, 6.07) is -0.346. The fraction of sp³-hybridized carbons (Fsp3) is 0.450. The number of aromatic nitrogens is 1. The Hall–Kier alpha value is -3.74. The number of hydrogen-bond donors (Lipinski definition) is 3. The predicted octanol–water partition coefficient (Wildman–Crippen LogP) is 0.576. The lowest BCUT2D eigenvalue weighted by Gasteiger charge is -2.55. The van der Waals surface area contributed by atoms with Crippen molar-refractivity contribution in [2.24, 2.45) is 5.41 Å². The molecule has 2 saturated heterocycles. The average molecular weight is 461 g/mol. The summed E-state index contributed by atoms with van der Waals surface area (Å²) in [4.78, 5) is 51.3. The maximum Gasteiger partial charge on any atom is 0.413 e. The molecule has 0 bridgehead atoms. The number of benzene rings is 1. The molecule has 12 nitrogen and oxygen atoms in total. The standard InChI is InChI=1S/C20H20FN5O7/c1-7-6-26-12-9(4-10-13(11(12)21)33-25-15(10)32-19(30)22-3)5-20(14(26)8(2)31-7)16(27)23-18(29)24-17(20)28/h4,7-8,14H,5-6H2,1-3H3,(H,22,30)(H2,23,24,27,28,29)/t7-,8+,14-/m1/s1. The van der Waals surface area contributed by atoms with Gasteiger partial charge in [0.15, 0.2) is 11.2 Å². The van der Waals surface area contributed by atoms with Crippen LogP contribution in [0.1, 0.15) is 19.4 Å². The SMILES string of the molecule is CNC(=O)Oc1noc2c(F)c3c(cc12)CC1(C(=O)NC(=O)NC1=O)[C@H]1[C@H](C)O[C@H](C)CN31. The van der Waals surface area contributed by atoms with E-state index in [-0.39, 0.29) is 41.6 Å². The zero-order valence-electron chi connectivity index (χ0n) is 17.9. The van der Waals surface area contributed by atoms with Crippen LogP contribution < -0.4 is 25.6 Å². The highest BCUT2D eigenvalue weighted by Gasteiger charge is 2.63. The van der Waals surface area contributed by atoms with E-state index in [0.29, 0.717) is 5.56 Å². The van der Waals surface area contributed by atoms with Crippen LogP contribution in [0, 0.1) is 11.2 Å². The van der Waals surface area contributed by atoms with Gasteiger partial charge in [-0.05, 0) is 30.6 Å². The lowest BCUT2D eigenvalue weighted by atomic mass is 9.66. The third kappa shape index (κ3) is 2.88. The van der Waals surface area contributed by atoms with E-state index in [2.05, 4.69) is 21.1 Å².